The van der Waals surface area contributed by atoms with Gasteiger partial charge in [-0.25, -0.2) is 4.79 Å². The van der Waals surface area contributed by atoms with Gasteiger partial charge in [0.1, 0.15) is 11.1 Å². The molecule has 3 heterocycles. The zero-order chi connectivity index (χ0) is 22.8. The Balaban J connectivity index is 1.23. The summed E-state index contributed by atoms with van der Waals surface area (Å²) in [6.45, 7) is 0.697. The molecule has 33 heavy (non-hydrogen) atoms. The van der Waals surface area contributed by atoms with Crippen LogP contribution in [0.5, 0.6) is 0 Å². The molecular weight excluding hydrogens is 460 g/mol. The predicted molar refractivity (Wildman–Crippen MR) is 128 cm³/mol. The summed E-state index contributed by atoms with van der Waals surface area (Å²) in [5.74, 6) is -0.407. The van der Waals surface area contributed by atoms with Crippen LogP contribution in [-0.4, -0.2) is 34.3 Å². The third-order valence-electron chi connectivity index (χ3n) is 5.24. The minimum absolute atomic E-state index is 0.00158. The summed E-state index contributed by atoms with van der Waals surface area (Å²) >= 11 is 2.41. The molecular formula is C23H18N4O4S2. The summed E-state index contributed by atoms with van der Waals surface area (Å²) < 4.78 is 5.76. The van der Waals surface area contributed by atoms with E-state index in [9.17, 15) is 14.4 Å². The number of rotatable bonds is 5. The zero-order valence-electron chi connectivity index (χ0n) is 17.3. The number of nitrogens with one attached hydrogen (secondary N) is 1. The third-order valence-corrected chi connectivity index (χ3v) is 7.20. The number of carbonyl (C=O) groups excluding carboxylic acids is 2. The number of para-hydroxylation sites is 2. The minimum Gasteiger partial charge on any atom is -0.422 e. The van der Waals surface area contributed by atoms with Gasteiger partial charge in [0.2, 0.25) is 11.0 Å². The molecule has 1 aliphatic heterocycles. The first kappa shape index (κ1) is 21.4. The van der Waals surface area contributed by atoms with Crippen molar-refractivity contribution in [2.24, 2.45) is 0 Å². The lowest BCUT2D eigenvalue weighted by atomic mass is 10.0. The van der Waals surface area contributed by atoms with Gasteiger partial charge in [-0.05, 0) is 36.6 Å². The molecule has 0 radical (unpaired) electrons. The molecule has 0 saturated carbocycles. The fraction of sp³-hybridized carbons (Fsp3) is 0.174. The van der Waals surface area contributed by atoms with Crippen molar-refractivity contribution >= 4 is 56.7 Å². The molecule has 0 spiro atoms. The number of benzene rings is 2. The number of aromatic nitrogens is 2. The van der Waals surface area contributed by atoms with Crippen LogP contribution in [0.1, 0.15) is 22.3 Å². The molecule has 0 atom stereocenters. The number of hydrogen-bond donors (Lipinski definition) is 1. The molecule has 1 aliphatic rings. The Kier molecular flexibility index (Phi) is 5.93. The molecule has 0 fully saturated rings. The van der Waals surface area contributed by atoms with Gasteiger partial charge in [0.25, 0.3) is 5.91 Å². The SMILES string of the molecule is O=C(Nc1nnc(SCC(=O)N2CCCc3ccccc32)s1)c1cc2ccccc2oc1=O. The Hall–Kier alpha value is -3.50. The summed E-state index contributed by atoms with van der Waals surface area (Å²) in [5, 5.41) is 11.5. The number of nitrogens with zero attached hydrogens (tertiary/aromatic N) is 3. The fourth-order valence-corrected chi connectivity index (χ4v) is 5.32. The molecule has 0 saturated heterocycles. The van der Waals surface area contributed by atoms with Crippen molar-refractivity contribution in [3.63, 3.8) is 0 Å². The number of thioether (sulfide) groups is 1. The first-order valence-corrected chi connectivity index (χ1v) is 12.1. The molecule has 0 aliphatic carbocycles. The monoisotopic (exact) mass is 478 g/mol. The van der Waals surface area contributed by atoms with Gasteiger partial charge in [-0.3, -0.25) is 14.9 Å². The summed E-state index contributed by atoms with van der Waals surface area (Å²) in [7, 11) is 0. The van der Waals surface area contributed by atoms with Gasteiger partial charge in [0, 0.05) is 17.6 Å². The van der Waals surface area contributed by atoms with E-state index >= 15 is 0 Å². The van der Waals surface area contributed by atoms with Gasteiger partial charge in [-0.15, -0.1) is 10.2 Å². The van der Waals surface area contributed by atoms with E-state index < -0.39 is 11.5 Å². The van der Waals surface area contributed by atoms with E-state index in [2.05, 4.69) is 21.6 Å². The maximum Gasteiger partial charge on any atom is 0.349 e. The van der Waals surface area contributed by atoms with Crippen LogP contribution < -0.4 is 15.8 Å². The average Bonchev–Trinajstić information content (AvgIpc) is 3.28. The summed E-state index contributed by atoms with van der Waals surface area (Å²) in [4.78, 5) is 39.4. The highest BCUT2D eigenvalue weighted by molar-refractivity contribution is 8.01. The molecule has 2 aromatic carbocycles. The lowest BCUT2D eigenvalue weighted by molar-refractivity contribution is -0.116. The van der Waals surface area contributed by atoms with Crippen LogP contribution in [0.25, 0.3) is 11.0 Å². The quantitative estimate of drug-likeness (QED) is 0.263. The van der Waals surface area contributed by atoms with Gasteiger partial charge in [-0.2, -0.15) is 0 Å². The lowest BCUT2D eigenvalue weighted by Gasteiger charge is -2.29. The number of anilines is 2. The van der Waals surface area contributed by atoms with Crippen LogP contribution in [0.4, 0.5) is 10.8 Å². The third kappa shape index (κ3) is 4.53. The van der Waals surface area contributed by atoms with Gasteiger partial charge < -0.3 is 9.32 Å². The number of fused-ring (bicyclic) bond motifs is 2. The van der Waals surface area contributed by atoms with E-state index in [1.54, 1.807) is 24.3 Å². The molecule has 2 amide bonds. The summed E-state index contributed by atoms with van der Waals surface area (Å²) in [6.07, 6.45) is 1.91. The Bertz CT molecular complexity index is 1410. The second kappa shape index (κ2) is 9.16. The van der Waals surface area contributed by atoms with E-state index in [1.807, 2.05) is 23.1 Å². The van der Waals surface area contributed by atoms with Gasteiger partial charge in [-0.1, -0.05) is 59.5 Å². The molecule has 0 bridgehead atoms. The van der Waals surface area contributed by atoms with E-state index in [0.717, 1.165) is 29.9 Å². The van der Waals surface area contributed by atoms with Crippen LogP contribution >= 0.6 is 23.1 Å². The molecule has 10 heteroatoms. The normalized spacial score (nSPS) is 13.0. The van der Waals surface area contributed by atoms with Gasteiger partial charge >= 0.3 is 5.63 Å². The van der Waals surface area contributed by atoms with Gasteiger partial charge in [0.15, 0.2) is 4.34 Å². The minimum atomic E-state index is -0.724. The summed E-state index contributed by atoms with van der Waals surface area (Å²) in [6, 6.07) is 16.4. The fourth-order valence-electron chi connectivity index (χ4n) is 3.70. The second-order valence-corrected chi connectivity index (χ2v) is 9.58. The van der Waals surface area contributed by atoms with E-state index in [0.29, 0.717) is 21.9 Å². The maximum absolute atomic E-state index is 12.8. The zero-order valence-corrected chi connectivity index (χ0v) is 18.9. The Morgan fingerprint density at radius 3 is 2.85 bits per heavy atom. The van der Waals surface area contributed by atoms with Crippen molar-refractivity contribution in [3.05, 3.63) is 76.1 Å². The molecule has 4 aromatic rings. The van der Waals surface area contributed by atoms with Crippen LogP contribution in [0.2, 0.25) is 0 Å². The molecule has 1 N–H and O–H groups in total. The topological polar surface area (TPSA) is 105 Å². The largest absolute Gasteiger partial charge is 0.422 e. The van der Waals surface area contributed by atoms with Crippen molar-refractivity contribution in [3.8, 4) is 0 Å². The second-order valence-electron chi connectivity index (χ2n) is 7.38. The number of hydrogen-bond acceptors (Lipinski definition) is 8. The predicted octanol–water partition coefficient (Wildman–Crippen LogP) is 3.97. The molecule has 2 aromatic heterocycles. The van der Waals surface area contributed by atoms with Crippen molar-refractivity contribution in [2.75, 3.05) is 22.5 Å². The highest BCUT2D eigenvalue weighted by Crippen LogP contribution is 2.30. The standard InChI is InChI=1S/C23H18N4O4S2/c28-19(27-11-5-8-14-6-1-3-9-17(14)27)13-32-23-26-25-22(33-23)24-20(29)16-12-15-7-2-4-10-18(15)31-21(16)30/h1-4,6-7,9-10,12H,5,8,11,13H2,(H,24,25,29). The van der Waals surface area contributed by atoms with Crippen LogP contribution in [-0.2, 0) is 11.2 Å². The summed E-state index contributed by atoms with van der Waals surface area (Å²) in [5.41, 5.74) is 1.72. The first-order valence-electron chi connectivity index (χ1n) is 10.3. The smallest absolute Gasteiger partial charge is 0.349 e. The van der Waals surface area contributed by atoms with E-state index in [1.165, 1.54) is 23.4 Å². The van der Waals surface area contributed by atoms with E-state index in [4.69, 9.17) is 4.42 Å². The van der Waals surface area contributed by atoms with Crippen molar-refractivity contribution in [2.45, 2.75) is 17.2 Å². The highest BCUT2D eigenvalue weighted by Gasteiger charge is 2.23. The Morgan fingerprint density at radius 1 is 1.12 bits per heavy atom. The van der Waals surface area contributed by atoms with Crippen molar-refractivity contribution < 1.29 is 14.0 Å². The van der Waals surface area contributed by atoms with Gasteiger partial charge in [0.05, 0.1) is 5.75 Å². The van der Waals surface area contributed by atoms with E-state index in [-0.39, 0.29) is 22.4 Å². The molecule has 8 nitrogen and oxygen atoms in total. The van der Waals surface area contributed by atoms with Crippen molar-refractivity contribution in [1.29, 1.82) is 0 Å². The highest BCUT2D eigenvalue weighted by atomic mass is 32.2. The Morgan fingerprint density at radius 2 is 1.94 bits per heavy atom. The molecule has 166 valence electrons. The Labute approximate surface area is 196 Å². The molecule has 5 rings (SSSR count). The first-order chi connectivity index (χ1) is 16.1. The van der Waals surface area contributed by atoms with Crippen LogP contribution in [0, 0.1) is 0 Å². The molecule has 0 unspecified atom stereocenters. The number of amides is 2. The average molecular weight is 479 g/mol. The maximum atomic E-state index is 12.8. The number of aryl methyl sites for hydroxylation is 1. The van der Waals surface area contributed by atoms with Crippen LogP contribution in [0.3, 0.4) is 0 Å². The lowest BCUT2D eigenvalue weighted by Crippen LogP contribution is -2.36. The van der Waals surface area contributed by atoms with Crippen molar-refractivity contribution in [1.82, 2.24) is 10.2 Å². The van der Waals surface area contributed by atoms with Crippen LogP contribution in [0.15, 0.2) is 68.1 Å². The number of carbonyl (C=O) groups is 2.